The number of allylic oxidation sites excluding steroid dienone is 3. The number of hydrogen-bond donors (Lipinski definition) is 0. The van der Waals surface area contributed by atoms with Gasteiger partial charge in [-0.1, -0.05) is 61.3 Å². The highest BCUT2D eigenvalue weighted by atomic mass is 35.6. The van der Waals surface area contributed by atoms with E-state index >= 15 is 0 Å². The highest BCUT2D eigenvalue weighted by molar-refractivity contribution is 6.71. The van der Waals surface area contributed by atoms with Crippen molar-refractivity contribution in [1.29, 1.82) is 0 Å². The Morgan fingerprint density at radius 1 is 1.43 bits per heavy atom. The van der Waals surface area contributed by atoms with Gasteiger partial charge >= 0.3 is 0 Å². The van der Waals surface area contributed by atoms with Crippen LogP contribution >= 0.6 is 34.8 Å². The molecule has 0 heterocycles. The first-order valence-electron chi connectivity index (χ1n) is 4.16. The van der Waals surface area contributed by atoms with Crippen molar-refractivity contribution in [2.24, 2.45) is 5.41 Å². The van der Waals surface area contributed by atoms with Crippen molar-refractivity contribution in [2.45, 2.75) is 24.1 Å². The fourth-order valence-electron chi connectivity index (χ4n) is 1.54. The SMILES string of the molecule is C=C1CC(C)(C)C=C(C(Cl)(Cl)Cl)C1=O. The molecular formula is C10H11Cl3O. The number of alkyl halides is 3. The minimum atomic E-state index is -1.66. The third kappa shape index (κ3) is 2.53. The molecule has 0 fully saturated rings. The molecule has 0 unspecified atom stereocenters. The smallest absolute Gasteiger partial charge is 0.219 e. The molecule has 1 nitrogen and oxygen atoms in total. The van der Waals surface area contributed by atoms with E-state index in [0.717, 1.165) is 0 Å². The Balaban J connectivity index is 3.20. The Kier molecular flexibility index (Phi) is 3.07. The predicted octanol–water partition coefficient (Wildman–Crippen LogP) is 3.84. The molecule has 1 aliphatic rings. The largest absolute Gasteiger partial charge is 0.289 e. The van der Waals surface area contributed by atoms with E-state index in [1.165, 1.54) is 0 Å². The van der Waals surface area contributed by atoms with E-state index in [0.29, 0.717) is 12.0 Å². The van der Waals surface area contributed by atoms with Gasteiger partial charge in [-0.25, -0.2) is 0 Å². The third-order valence-corrected chi connectivity index (χ3v) is 2.69. The lowest BCUT2D eigenvalue weighted by Gasteiger charge is -2.30. The molecule has 0 radical (unpaired) electrons. The molecule has 0 saturated heterocycles. The number of hydrogen-bond acceptors (Lipinski definition) is 1. The van der Waals surface area contributed by atoms with Gasteiger partial charge in [0.25, 0.3) is 0 Å². The van der Waals surface area contributed by atoms with E-state index in [1.807, 2.05) is 13.8 Å². The van der Waals surface area contributed by atoms with Gasteiger partial charge in [-0.2, -0.15) is 0 Å². The monoisotopic (exact) mass is 252 g/mol. The van der Waals surface area contributed by atoms with Gasteiger partial charge < -0.3 is 0 Å². The van der Waals surface area contributed by atoms with Gasteiger partial charge in [0.2, 0.25) is 3.79 Å². The number of carbonyl (C=O) groups excluding carboxylic acids is 1. The van der Waals surface area contributed by atoms with E-state index in [-0.39, 0.29) is 16.8 Å². The Bertz CT molecular complexity index is 321. The van der Waals surface area contributed by atoms with E-state index in [2.05, 4.69) is 6.58 Å². The highest BCUT2D eigenvalue weighted by Gasteiger charge is 2.38. The lowest BCUT2D eigenvalue weighted by atomic mass is 9.77. The molecule has 0 aromatic rings. The van der Waals surface area contributed by atoms with E-state index in [9.17, 15) is 4.79 Å². The molecule has 0 aliphatic heterocycles. The lowest BCUT2D eigenvalue weighted by Crippen LogP contribution is -2.28. The van der Waals surface area contributed by atoms with Crippen LogP contribution in [0.4, 0.5) is 0 Å². The molecular weight excluding hydrogens is 242 g/mol. The number of Topliss-reactive ketones (excluding diaryl/α,β-unsaturated/α-hetero) is 1. The molecule has 0 amide bonds. The van der Waals surface area contributed by atoms with Crippen molar-refractivity contribution < 1.29 is 4.79 Å². The van der Waals surface area contributed by atoms with Gasteiger partial charge in [0.05, 0.1) is 0 Å². The van der Waals surface area contributed by atoms with Gasteiger partial charge in [0.1, 0.15) is 0 Å². The first-order chi connectivity index (χ1) is 6.13. The van der Waals surface area contributed by atoms with Crippen LogP contribution < -0.4 is 0 Å². The number of ketones is 1. The van der Waals surface area contributed by atoms with Crippen LogP contribution in [0.2, 0.25) is 0 Å². The zero-order valence-corrected chi connectivity index (χ0v) is 10.3. The van der Waals surface area contributed by atoms with Gasteiger partial charge in [-0.05, 0) is 17.4 Å². The standard InChI is InChI=1S/C10H11Cl3O/c1-6-4-9(2,3)5-7(8(6)14)10(11,12)13/h5H,1,4H2,2-3H3. The number of rotatable bonds is 0. The van der Waals surface area contributed by atoms with Crippen LogP contribution in [0.1, 0.15) is 20.3 Å². The third-order valence-electron chi connectivity index (χ3n) is 2.08. The average molecular weight is 254 g/mol. The zero-order chi connectivity index (χ0) is 11.1. The topological polar surface area (TPSA) is 17.1 Å². The summed E-state index contributed by atoms with van der Waals surface area (Å²) in [5, 5.41) is 0. The molecule has 0 bridgehead atoms. The van der Waals surface area contributed by atoms with Crippen LogP contribution in [0.5, 0.6) is 0 Å². The van der Waals surface area contributed by atoms with Crippen molar-refractivity contribution in [3.8, 4) is 0 Å². The molecule has 78 valence electrons. The van der Waals surface area contributed by atoms with Crippen molar-refractivity contribution in [1.82, 2.24) is 0 Å². The quantitative estimate of drug-likeness (QED) is 0.473. The van der Waals surface area contributed by atoms with Crippen molar-refractivity contribution in [3.63, 3.8) is 0 Å². The summed E-state index contributed by atoms with van der Waals surface area (Å²) in [6.07, 6.45) is 2.33. The van der Waals surface area contributed by atoms with Crippen LogP contribution in [0, 0.1) is 5.41 Å². The summed E-state index contributed by atoms with van der Waals surface area (Å²) in [4.78, 5) is 11.6. The van der Waals surface area contributed by atoms with Crippen LogP contribution in [-0.2, 0) is 4.79 Å². The average Bonchev–Trinajstić information content (AvgIpc) is 1.93. The maximum Gasteiger partial charge on any atom is 0.219 e. The molecule has 1 aliphatic carbocycles. The Hall–Kier alpha value is 0.0200. The second-order valence-corrected chi connectivity index (χ2v) is 6.44. The molecule has 1 rings (SSSR count). The molecule has 0 spiro atoms. The van der Waals surface area contributed by atoms with Crippen LogP contribution in [-0.4, -0.2) is 9.58 Å². The van der Waals surface area contributed by atoms with Gasteiger partial charge in [0, 0.05) is 5.57 Å². The van der Waals surface area contributed by atoms with Crippen molar-refractivity contribution >= 4 is 40.6 Å². The molecule has 0 aromatic carbocycles. The van der Waals surface area contributed by atoms with Gasteiger partial charge in [-0.15, -0.1) is 0 Å². The lowest BCUT2D eigenvalue weighted by molar-refractivity contribution is -0.113. The van der Waals surface area contributed by atoms with Gasteiger partial charge in [-0.3, -0.25) is 4.79 Å². The van der Waals surface area contributed by atoms with Crippen LogP contribution in [0.25, 0.3) is 0 Å². The molecule has 4 heteroatoms. The summed E-state index contributed by atoms with van der Waals surface area (Å²) in [5.41, 5.74) is 0.534. The zero-order valence-electron chi connectivity index (χ0n) is 8.03. The fraction of sp³-hybridized carbons (Fsp3) is 0.500. The van der Waals surface area contributed by atoms with E-state index in [4.69, 9.17) is 34.8 Å². The summed E-state index contributed by atoms with van der Waals surface area (Å²) in [6.45, 7) is 7.63. The summed E-state index contributed by atoms with van der Waals surface area (Å²) >= 11 is 17.1. The molecule has 0 saturated carbocycles. The maximum atomic E-state index is 11.6. The minimum absolute atomic E-state index is 0.176. The summed E-state index contributed by atoms with van der Waals surface area (Å²) in [7, 11) is 0. The molecule has 0 atom stereocenters. The predicted molar refractivity (Wildman–Crippen MR) is 60.9 cm³/mol. The fourth-order valence-corrected chi connectivity index (χ4v) is 1.96. The highest BCUT2D eigenvalue weighted by Crippen LogP contribution is 2.43. The van der Waals surface area contributed by atoms with Crippen LogP contribution in [0.3, 0.4) is 0 Å². The first kappa shape index (κ1) is 12.1. The molecule has 14 heavy (non-hydrogen) atoms. The Morgan fingerprint density at radius 3 is 2.36 bits per heavy atom. The number of halogens is 3. The second kappa shape index (κ2) is 3.55. The second-order valence-electron chi connectivity index (χ2n) is 4.15. The molecule has 0 N–H and O–H groups in total. The summed E-state index contributed by atoms with van der Waals surface area (Å²) in [6, 6.07) is 0. The molecule has 0 aromatic heterocycles. The van der Waals surface area contributed by atoms with Crippen LogP contribution in [0.15, 0.2) is 23.8 Å². The number of carbonyl (C=O) groups is 1. The van der Waals surface area contributed by atoms with Crippen molar-refractivity contribution in [2.75, 3.05) is 0 Å². The summed E-state index contributed by atoms with van der Waals surface area (Å²) in [5.74, 6) is -0.246. The Morgan fingerprint density at radius 2 is 1.93 bits per heavy atom. The van der Waals surface area contributed by atoms with E-state index in [1.54, 1.807) is 6.08 Å². The van der Waals surface area contributed by atoms with Gasteiger partial charge in [0.15, 0.2) is 5.78 Å². The first-order valence-corrected chi connectivity index (χ1v) is 5.29. The maximum absolute atomic E-state index is 11.6. The van der Waals surface area contributed by atoms with E-state index < -0.39 is 3.79 Å². The summed E-state index contributed by atoms with van der Waals surface area (Å²) < 4.78 is -1.66. The Labute approximate surface area is 98.7 Å². The minimum Gasteiger partial charge on any atom is -0.289 e. The normalized spacial score (nSPS) is 22.2. The van der Waals surface area contributed by atoms with Crippen molar-refractivity contribution in [3.05, 3.63) is 23.8 Å².